The van der Waals surface area contributed by atoms with Gasteiger partial charge in [-0.05, 0) is 49.7 Å². The molecule has 0 fully saturated rings. The number of aromatic nitrogens is 3. The summed E-state index contributed by atoms with van der Waals surface area (Å²) in [7, 11) is 0. The third kappa shape index (κ3) is 5.24. The fourth-order valence-electron chi connectivity index (χ4n) is 2.61. The highest BCUT2D eigenvalue weighted by Crippen LogP contribution is 2.13. The van der Waals surface area contributed by atoms with Gasteiger partial charge in [-0.25, -0.2) is 0 Å². The van der Waals surface area contributed by atoms with E-state index >= 15 is 0 Å². The van der Waals surface area contributed by atoms with Crippen molar-refractivity contribution in [2.45, 2.75) is 13.8 Å². The summed E-state index contributed by atoms with van der Waals surface area (Å²) in [6, 6.07) is 13.2. The van der Waals surface area contributed by atoms with Gasteiger partial charge in [0.25, 0.3) is 5.91 Å². The molecule has 3 rings (SSSR count). The number of hydrogen-bond acceptors (Lipinski definition) is 6. The Bertz CT molecular complexity index is 896. The number of hydrogen-bond donors (Lipinski definition) is 3. The van der Waals surface area contributed by atoms with Gasteiger partial charge in [0.05, 0.1) is 11.9 Å². The van der Waals surface area contributed by atoms with Crippen LogP contribution in [0.25, 0.3) is 0 Å². The summed E-state index contributed by atoms with van der Waals surface area (Å²) < 4.78 is 0. The lowest BCUT2D eigenvalue weighted by Gasteiger charge is -2.10. The van der Waals surface area contributed by atoms with Crippen LogP contribution in [-0.2, 0) is 0 Å². The number of amides is 1. The third-order valence-electron chi connectivity index (χ3n) is 3.94. The van der Waals surface area contributed by atoms with Gasteiger partial charge in [-0.15, -0.1) is 10.2 Å². The number of aryl methyl sites for hydroxylation is 2. The van der Waals surface area contributed by atoms with Crippen molar-refractivity contribution in [3.63, 3.8) is 0 Å². The topological polar surface area (TPSA) is 91.8 Å². The van der Waals surface area contributed by atoms with Crippen LogP contribution in [0, 0.1) is 13.8 Å². The number of carbonyl (C=O) groups excluding carboxylic acids is 1. The van der Waals surface area contributed by atoms with Crippen molar-refractivity contribution in [1.82, 2.24) is 20.5 Å². The van der Waals surface area contributed by atoms with Crippen molar-refractivity contribution in [2.75, 3.05) is 23.7 Å². The van der Waals surface area contributed by atoms with E-state index in [-0.39, 0.29) is 5.91 Å². The Morgan fingerprint density at radius 1 is 1.00 bits per heavy atom. The summed E-state index contributed by atoms with van der Waals surface area (Å²) in [6.07, 6.45) is 3.43. The molecule has 0 bridgehead atoms. The molecule has 2 heterocycles. The maximum atomic E-state index is 12.2. The Morgan fingerprint density at radius 2 is 1.81 bits per heavy atom. The Labute approximate surface area is 158 Å². The van der Waals surface area contributed by atoms with E-state index in [4.69, 9.17) is 0 Å². The van der Waals surface area contributed by atoms with E-state index in [1.807, 2.05) is 56.3 Å². The van der Waals surface area contributed by atoms with Gasteiger partial charge < -0.3 is 16.0 Å². The molecule has 0 unspecified atom stereocenters. The Hall–Kier alpha value is -3.48. The lowest BCUT2D eigenvalue weighted by molar-refractivity contribution is 0.0954. The number of carbonyl (C=O) groups is 1. The molecule has 0 aliphatic heterocycles. The van der Waals surface area contributed by atoms with Crippen molar-refractivity contribution >= 4 is 23.2 Å². The van der Waals surface area contributed by atoms with Crippen molar-refractivity contribution in [3.05, 3.63) is 71.5 Å². The normalized spacial score (nSPS) is 10.3. The number of pyridine rings is 1. The maximum absolute atomic E-state index is 12.2. The molecule has 0 aliphatic carbocycles. The molecule has 2 aromatic heterocycles. The number of benzene rings is 1. The van der Waals surface area contributed by atoms with E-state index in [1.54, 1.807) is 12.4 Å². The standard InChI is InChI=1S/C20H22N6O/c1-14-5-6-17(15(2)12-14)20(27)23-11-10-22-18-7-8-19(26-25-18)24-16-4-3-9-21-13-16/h3-9,12-13H,10-11H2,1-2H3,(H,22,25)(H,23,27)(H,24,26). The fraction of sp³-hybridized carbons (Fsp3) is 0.200. The fourth-order valence-corrected chi connectivity index (χ4v) is 2.61. The van der Waals surface area contributed by atoms with E-state index in [0.717, 1.165) is 16.8 Å². The summed E-state index contributed by atoms with van der Waals surface area (Å²) in [5.74, 6) is 1.21. The highest BCUT2D eigenvalue weighted by Gasteiger charge is 2.08. The van der Waals surface area contributed by atoms with Crippen LogP contribution < -0.4 is 16.0 Å². The molecule has 0 radical (unpaired) electrons. The summed E-state index contributed by atoms with van der Waals surface area (Å²) in [5.41, 5.74) is 3.67. The second-order valence-electron chi connectivity index (χ2n) is 6.17. The largest absolute Gasteiger partial charge is 0.367 e. The molecule has 138 valence electrons. The van der Waals surface area contributed by atoms with Crippen molar-refractivity contribution in [2.24, 2.45) is 0 Å². The highest BCUT2D eigenvalue weighted by molar-refractivity contribution is 5.95. The lowest BCUT2D eigenvalue weighted by Crippen LogP contribution is -2.29. The van der Waals surface area contributed by atoms with Crippen LogP contribution in [0.3, 0.4) is 0 Å². The highest BCUT2D eigenvalue weighted by atomic mass is 16.1. The molecule has 1 aromatic carbocycles. The molecule has 3 N–H and O–H groups in total. The Balaban J connectivity index is 1.44. The van der Waals surface area contributed by atoms with Gasteiger partial charge in [-0.3, -0.25) is 9.78 Å². The zero-order valence-electron chi connectivity index (χ0n) is 15.4. The third-order valence-corrected chi connectivity index (χ3v) is 3.94. The molecule has 0 saturated carbocycles. The molecule has 3 aromatic rings. The minimum absolute atomic E-state index is 0.0728. The summed E-state index contributed by atoms with van der Waals surface area (Å²) in [5, 5.41) is 17.4. The molecular weight excluding hydrogens is 340 g/mol. The molecule has 0 atom stereocenters. The van der Waals surface area contributed by atoms with Gasteiger partial charge >= 0.3 is 0 Å². The van der Waals surface area contributed by atoms with Gasteiger partial charge in [0.2, 0.25) is 0 Å². The monoisotopic (exact) mass is 362 g/mol. The van der Waals surface area contributed by atoms with E-state index in [2.05, 4.69) is 31.1 Å². The Morgan fingerprint density at radius 3 is 2.52 bits per heavy atom. The minimum Gasteiger partial charge on any atom is -0.367 e. The first-order valence-corrected chi connectivity index (χ1v) is 8.72. The van der Waals surface area contributed by atoms with E-state index < -0.39 is 0 Å². The number of nitrogens with one attached hydrogen (secondary N) is 3. The van der Waals surface area contributed by atoms with E-state index in [1.165, 1.54) is 0 Å². The van der Waals surface area contributed by atoms with Gasteiger partial charge in [0.1, 0.15) is 5.82 Å². The lowest BCUT2D eigenvalue weighted by atomic mass is 10.1. The number of anilines is 3. The second-order valence-corrected chi connectivity index (χ2v) is 6.17. The van der Waals surface area contributed by atoms with Crippen molar-refractivity contribution < 1.29 is 4.79 Å². The van der Waals surface area contributed by atoms with Crippen LogP contribution in [0.4, 0.5) is 17.3 Å². The average molecular weight is 362 g/mol. The molecule has 0 aliphatic rings. The van der Waals surface area contributed by atoms with Gasteiger partial charge in [0.15, 0.2) is 5.82 Å². The Kier molecular flexibility index (Phi) is 5.94. The molecule has 0 spiro atoms. The zero-order valence-corrected chi connectivity index (χ0v) is 15.4. The molecule has 27 heavy (non-hydrogen) atoms. The van der Waals surface area contributed by atoms with Crippen molar-refractivity contribution in [3.8, 4) is 0 Å². The molecule has 1 amide bonds. The van der Waals surface area contributed by atoms with Gasteiger partial charge in [0, 0.05) is 24.8 Å². The predicted octanol–water partition coefficient (Wildman–Crippen LogP) is 3.07. The van der Waals surface area contributed by atoms with Crippen LogP contribution in [0.2, 0.25) is 0 Å². The number of rotatable bonds is 7. The predicted molar refractivity (Wildman–Crippen MR) is 106 cm³/mol. The van der Waals surface area contributed by atoms with Crippen molar-refractivity contribution in [1.29, 1.82) is 0 Å². The van der Waals surface area contributed by atoms with Crippen LogP contribution in [0.1, 0.15) is 21.5 Å². The summed E-state index contributed by atoms with van der Waals surface area (Å²) >= 11 is 0. The molecular formula is C20H22N6O. The molecule has 7 heteroatoms. The SMILES string of the molecule is Cc1ccc(C(=O)NCCNc2ccc(Nc3cccnc3)nn2)c(C)c1. The second kappa shape index (κ2) is 8.75. The van der Waals surface area contributed by atoms with E-state index in [0.29, 0.717) is 30.3 Å². The summed E-state index contributed by atoms with van der Waals surface area (Å²) in [4.78, 5) is 16.3. The van der Waals surface area contributed by atoms with Crippen LogP contribution in [0.15, 0.2) is 54.9 Å². The first-order valence-electron chi connectivity index (χ1n) is 8.72. The molecule has 7 nitrogen and oxygen atoms in total. The minimum atomic E-state index is -0.0728. The van der Waals surface area contributed by atoms with E-state index in [9.17, 15) is 4.79 Å². The quantitative estimate of drug-likeness (QED) is 0.560. The smallest absolute Gasteiger partial charge is 0.251 e. The zero-order chi connectivity index (χ0) is 19.1. The maximum Gasteiger partial charge on any atom is 0.251 e. The average Bonchev–Trinajstić information content (AvgIpc) is 2.67. The first-order chi connectivity index (χ1) is 13.1. The van der Waals surface area contributed by atoms with Crippen LogP contribution in [0.5, 0.6) is 0 Å². The first kappa shape index (κ1) is 18.3. The number of nitrogens with zero attached hydrogens (tertiary/aromatic N) is 3. The van der Waals surface area contributed by atoms with Gasteiger partial charge in [-0.1, -0.05) is 17.7 Å². The van der Waals surface area contributed by atoms with Gasteiger partial charge in [-0.2, -0.15) is 0 Å². The summed E-state index contributed by atoms with van der Waals surface area (Å²) in [6.45, 7) is 5.00. The molecule has 0 saturated heterocycles. The van der Waals surface area contributed by atoms with Crippen LogP contribution >= 0.6 is 0 Å². The van der Waals surface area contributed by atoms with Crippen LogP contribution in [-0.4, -0.2) is 34.2 Å².